The van der Waals surface area contributed by atoms with Crippen molar-refractivity contribution in [2.45, 2.75) is 58.2 Å². The van der Waals surface area contributed by atoms with Crippen LogP contribution in [-0.4, -0.2) is 61.2 Å². The maximum atomic E-state index is 3.62. The SMILES string of the molecule is CC(CNC(C)(C)C)N1CCCC1CN(C)C. The summed E-state index contributed by atoms with van der Waals surface area (Å²) in [4.78, 5) is 4.99. The molecular weight excluding hydrogens is 210 g/mol. The molecule has 1 aliphatic rings. The molecule has 0 aromatic rings. The first-order chi connectivity index (χ1) is 7.79. The van der Waals surface area contributed by atoms with E-state index in [0.717, 1.165) is 12.6 Å². The molecule has 0 spiro atoms. The highest BCUT2D eigenvalue weighted by molar-refractivity contribution is 4.86. The lowest BCUT2D eigenvalue weighted by atomic mass is 10.1. The fraction of sp³-hybridized carbons (Fsp3) is 1.00. The van der Waals surface area contributed by atoms with Gasteiger partial charge in [0.15, 0.2) is 0 Å². The molecular formula is C14H31N3. The van der Waals surface area contributed by atoms with Gasteiger partial charge in [0, 0.05) is 30.7 Å². The third-order valence-corrected chi connectivity index (χ3v) is 3.49. The highest BCUT2D eigenvalue weighted by atomic mass is 15.2. The largest absolute Gasteiger partial charge is 0.311 e. The van der Waals surface area contributed by atoms with Crippen LogP contribution >= 0.6 is 0 Å². The molecule has 2 unspecified atom stereocenters. The molecule has 1 rings (SSSR count). The molecule has 2 atom stereocenters. The Morgan fingerprint density at radius 1 is 1.35 bits per heavy atom. The van der Waals surface area contributed by atoms with E-state index in [-0.39, 0.29) is 5.54 Å². The van der Waals surface area contributed by atoms with Gasteiger partial charge in [-0.15, -0.1) is 0 Å². The van der Waals surface area contributed by atoms with Gasteiger partial charge in [-0.1, -0.05) is 0 Å². The van der Waals surface area contributed by atoms with Crippen LogP contribution < -0.4 is 5.32 Å². The molecule has 102 valence electrons. The summed E-state index contributed by atoms with van der Waals surface area (Å²) in [7, 11) is 4.35. The molecule has 17 heavy (non-hydrogen) atoms. The van der Waals surface area contributed by atoms with Gasteiger partial charge < -0.3 is 10.2 Å². The van der Waals surface area contributed by atoms with Gasteiger partial charge in [-0.2, -0.15) is 0 Å². The predicted molar refractivity (Wildman–Crippen MR) is 75.5 cm³/mol. The van der Waals surface area contributed by atoms with E-state index in [1.165, 1.54) is 25.9 Å². The molecule has 0 aromatic carbocycles. The smallest absolute Gasteiger partial charge is 0.0226 e. The second-order valence-corrected chi connectivity index (χ2v) is 6.78. The standard InChI is InChI=1S/C14H31N3/c1-12(10-15-14(2,3)4)17-9-7-8-13(17)11-16(5)6/h12-13,15H,7-11H2,1-6H3. The Morgan fingerprint density at radius 3 is 2.53 bits per heavy atom. The van der Waals surface area contributed by atoms with Crippen LogP contribution in [0.15, 0.2) is 0 Å². The number of likely N-dealkylation sites (tertiary alicyclic amines) is 1. The molecule has 0 bridgehead atoms. The Labute approximate surface area is 108 Å². The van der Waals surface area contributed by atoms with E-state index in [9.17, 15) is 0 Å². The Morgan fingerprint density at radius 2 is 2.00 bits per heavy atom. The average Bonchev–Trinajstić information content (AvgIpc) is 2.60. The average molecular weight is 241 g/mol. The fourth-order valence-corrected chi connectivity index (χ4v) is 2.63. The molecule has 3 nitrogen and oxygen atoms in total. The van der Waals surface area contributed by atoms with Crippen LogP contribution in [0.25, 0.3) is 0 Å². The molecule has 0 amide bonds. The van der Waals surface area contributed by atoms with Gasteiger partial charge in [0.2, 0.25) is 0 Å². The van der Waals surface area contributed by atoms with Gasteiger partial charge >= 0.3 is 0 Å². The highest BCUT2D eigenvalue weighted by Crippen LogP contribution is 2.20. The highest BCUT2D eigenvalue weighted by Gasteiger charge is 2.28. The summed E-state index contributed by atoms with van der Waals surface area (Å²) in [5.74, 6) is 0. The summed E-state index contributed by atoms with van der Waals surface area (Å²) in [6.45, 7) is 12.6. The van der Waals surface area contributed by atoms with Crippen molar-refractivity contribution >= 4 is 0 Å². The van der Waals surface area contributed by atoms with Crippen LogP contribution in [-0.2, 0) is 0 Å². The van der Waals surface area contributed by atoms with Crippen LogP contribution in [0, 0.1) is 0 Å². The first-order valence-electron chi connectivity index (χ1n) is 6.95. The molecule has 1 aliphatic heterocycles. The quantitative estimate of drug-likeness (QED) is 0.792. The molecule has 3 heteroatoms. The van der Waals surface area contributed by atoms with Crippen LogP contribution in [0.2, 0.25) is 0 Å². The van der Waals surface area contributed by atoms with Gasteiger partial charge in [-0.05, 0) is 61.2 Å². The monoisotopic (exact) mass is 241 g/mol. The minimum absolute atomic E-state index is 0.227. The van der Waals surface area contributed by atoms with Gasteiger partial charge in [0.25, 0.3) is 0 Å². The lowest BCUT2D eigenvalue weighted by molar-refractivity contribution is 0.153. The number of nitrogens with one attached hydrogen (secondary N) is 1. The maximum absolute atomic E-state index is 3.62. The van der Waals surface area contributed by atoms with E-state index in [1.54, 1.807) is 0 Å². The van der Waals surface area contributed by atoms with Crippen molar-refractivity contribution in [1.82, 2.24) is 15.1 Å². The Hall–Kier alpha value is -0.120. The normalized spacial score (nSPS) is 24.5. The van der Waals surface area contributed by atoms with E-state index in [4.69, 9.17) is 0 Å². The number of hydrogen-bond acceptors (Lipinski definition) is 3. The van der Waals surface area contributed by atoms with Gasteiger partial charge in [0.1, 0.15) is 0 Å². The third kappa shape index (κ3) is 5.36. The van der Waals surface area contributed by atoms with Gasteiger partial charge in [0.05, 0.1) is 0 Å². The molecule has 0 radical (unpaired) electrons. The first kappa shape index (κ1) is 14.9. The van der Waals surface area contributed by atoms with Crippen LogP contribution in [0.1, 0.15) is 40.5 Å². The summed E-state index contributed by atoms with van der Waals surface area (Å²) in [6, 6.07) is 1.39. The minimum atomic E-state index is 0.227. The molecule has 1 heterocycles. The summed E-state index contributed by atoms with van der Waals surface area (Å²) in [5.41, 5.74) is 0.227. The number of nitrogens with zero attached hydrogens (tertiary/aromatic N) is 2. The third-order valence-electron chi connectivity index (χ3n) is 3.49. The second kappa shape index (κ2) is 6.17. The zero-order valence-corrected chi connectivity index (χ0v) is 12.6. The van der Waals surface area contributed by atoms with Crippen molar-refractivity contribution in [1.29, 1.82) is 0 Å². The van der Waals surface area contributed by atoms with Gasteiger partial charge in [-0.3, -0.25) is 4.90 Å². The van der Waals surface area contributed by atoms with Crippen molar-refractivity contribution in [3.8, 4) is 0 Å². The van der Waals surface area contributed by atoms with Crippen LogP contribution in [0.5, 0.6) is 0 Å². The fourth-order valence-electron chi connectivity index (χ4n) is 2.63. The Kier molecular flexibility index (Phi) is 5.42. The number of hydrogen-bond donors (Lipinski definition) is 1. The molecule has 0 aromatic heterocycles. The first-order valence-corrected chi connectivity index (χ1v) is 6.95. The number of rotatable bonds is 5. The zero-order chi connectivity index (χ0) is 13.1. The van der Waals surface area contributed by atoms with E-state index in [1.807, 2.05) is 0 Å². The van der Waals surface area contributed by atoms with Crippen molar-refractivity contribution < 1.29 is 0 Å². The van der Waals surface area contributed by atoms with E-state index in [0.29, 0.717) is 6.04 Å². The lowest BCUT2D eigenvalue weighted by Gasteiger charge is -2.34. The lowest BCUT2D eigenvalue weighted by Crippen LogP contribution is -2.49. The summed E-state index contributed by atoms with van der Waals surface area (Å²) < 4.78 is 0. The summed E-state index contributed by atoms with van der Waals surface area (Å²) in [6.07, 6.45) is 2.72. The van der Waals surface area contributed by atoms with E-state index in [2.05, 4.69) is 56.9 Å². The van der Waals surface area contributed by atoms with Crippen molar-refractivity contribution in [3.05, 3.63) is 0 Å². The summed E-state index contributed by atoms with van der Waals surface area (Å²) in [5, 5.41) is 3.62. The van der Waals surface area contributed by atoms with Gasteiger partial charge in [-0.25, -0.2) is 0 Å². The number of likely N-dealkylation sites (N-methyl/N-ethyl adjacent to an activating group) is 1. The maximum Gasteiger partial charge on any atom is 0.0226 e. The molecule has 0 aliphatic carbocycles. The van der Waals surface area contributed by atoms with Crippen molar-refractivity contribution in [2.24, 2.45) is 0 Å². The second-order valence-electron chi connectivity index (χ2n) is 6.78. The van der Waals surface area contributed by atoms with Crippen molar-refractivity contribution in [3.63, 3.8) is 0 Å². The van der Waals surface area contributed by atoms with Crippen molar-refractivity contribution in [2.75, 3.05) is 33.7 Å². The van der Waals surface area contributed by atoms with Crippen LogP contribution in [0.3, 0.4) is 0 Å². The Balaban J connectivity index is 2.41. The predicted octanol–water partition coefficient (Wildman–Crippen LogP) is 1.79. The van der Waals surface area contributed by atoms with Crippen LogP contribution in [0.4, 0.5) is 0 Å². The topological polar surface area (TPSA) is 18.5 Å². The Bertz CT molecular complexity index is 220. The minimum Gasteiger partial charge on any atom is -0.311 e. The molecule has 1 fully saturated rings. The van der Waals surface area contributed by atoms with E-state index < -0.39 is 0 Å². The molecule has 1 N–H and O–H groups in total. The van der Waals surface area contributed by atoms with E-state index >= 15 is 0 Å². The summed E-state index contributed by atoms with van der Waals surface area (Å²) >= 11 is 0. The zero-order valence-electron chi connectivity index (χ0n) is 12.6. The molecule has 1 saturated heterocycles. The molecule has 0 saturated carbocycles.